The van der Waals surface area contributed by atoms with Gasteiger partial charge in [0.15, 0.2) is 5.43 Å². The smallest absolute Gasteiger partial charge is 0.342 e. The van der Waals surface area contributed by atoms with Gasteiger partial charge in [0.2, 0.25) is 0 Å². The number of hydrogen-bond acceptors (Lipinski definition) is 2. The van der Waals surface area contributed by atoms with E-state index in [9.17, 15) is 18.0 Å². The molecule has 1 heterocycles. The number of halogens is 4. The van der Waals surface area contributed by atoms with Gasteiger partial charge in [-0.2, -0.15) is 13.2 Å². The van der Waals surface area contributed by atoms with Gasteiger partial charge < -0.3 is 10.3 Å². The lowest BCUT2D eigenvalue weighted by Crippen LogP contribution is -2.08. The molecular weight excluding hydrogens is 329 g/mol. The maximum Gasteiger partial charge on any atom is 0.417 e. The summed E-state index contributed by atoms with van der Waals surface area (Å²) in [7, 11) is 0. The van der Waals surface area contributed by atoms with Crippen LogP contribution in [0.25, 0.3) is 10.9 Å². The summed E-state index contributed by atoms with van der Waals surface area (Å²) < 4.78 is 38.6. The molecule has 0 bridgehead atoms. The second-order valence-corrected chi connectivity index (χ2v) is 5.32. The number of nitrogens with one attached hydrogen (secondary N) is 2. The first-order valence-corrected chi connectivity index (χ1v) is 6.98. The number of benzene rings is 2. The maximum absolute atomic E-state index is 12.9. The van der Waals surface area contributed by atoms with Crippen molar-refractivity contribution in [2.45, 2.75) is 6.18 Å². The van der Waals surface area contributed by atoms with Gasteiger partial charge in [0.1, 0.15) is 5.82 Å². The van der Waals surface area contributed by atoms with E-state index in [1.807, 2.05) is 0 Å². The van der Waals surface area contributed by atoms with Crippen molar-refractivity contribution in [3.05, 3.63) is 69.3 Å². The third-order valence-electron chi connectivity index (χ3n) is 3.29. The lowest BCUT2D eigenvalue weighted by atomic mass is 10.2. The normalized spacial score (nSPS) is 11.7. The molecule has 0 amide bonds. The van der Waals surface area contributed by atoms with Crippen LogP contribution in [-0.2, 0) is 6.18 Å². The number of aromatic nitrogens is 1. The standard InChI is InChI=1S/C16H10ClF3N2O/c17-12-6-5-9(7-11(12)16(18,19)20)21-15-8-14(23)10-3-1-2-4-13(10)22-15/h1-8H,(H2,21,22,23). The second-order valence-electron chi connectivity index (χ2n) is 4.91. The number of alkyl halides is 3. The molecule has 2 N–H and O–H groups in total. The van der Waals surface area contributed by atoms with Gasteiger partial charge >= 0.3 is 6.18 Å². The average Bonchev–Trinajstić information content (AvgIpc) is 2.48. The molecule has 7 heteroatoms. The molecule has 0 unspecified atom stereocenters. The lowest BCUT2D eigenvalue weighted by Gasteiger charge is -2.12. The summed E-state index contributed by atoms with van der Waals surface area (Å²) in [6, 6.07) is 11.6. The highest BCUT2D eigenvalue weighted by atomic mass is 35.5. The zero-order valence-electron chi connectivity index (χ0n) is 11.5. The number of para-hydroxylation sites is 1. The van der Waals surface area contributed by atoms with Crippen molar-refractivity contribution in [3.63, 3.8) is 0 Å². The van der Waals surface area contributed by atoms with E-state index in [1.165, 1.54) is 12.1 Å². The second kappa shape index (κ2) is 5.62. The summed E-state index contributed by atoms with van der Waals surface area (Å²) >= 11 is 5.58. The summed E-state index contributed by atoms with van der Waals surface area (Å²) in [5.74, 6) is 0.296. The molecule has 1 aromatic heterocycles. The van der Waals surface area contributed by atoms with Crippen LogP contribution < -0.4 is 10.7 Å². The topological polar surface area (TPSA) is 44.9 Å². The first-order valence-electron chi connectivity index (χ1n) is 6.60. The molecule has 0 aliphatic rings. The minimum atomic E-state index is -4.55. The summed E-state index contributed by atoms with van der Waals surface area (Å²) in [5.41, 5.74) is -0.403. The zero-order valence-corrected chi connectivity index (χ0v) is 12.3. The first-order chi connectivity index (χ1) is 10.8. The molecule has 0 atom stereocenters. The van der Waals surface area contributed by atoms with Crippen LogP contribution in [0.15, 0.2) is 53.3 Å². The number of pyridine rings is 1. The molecule has 23 heavy (non-hydrogen) atoms. The molecule has 0 radical (unpaired) electrons. The maximum atomic E-state index is 12.9. The Bertz CT molecular complexity index is 934. The molecule has 0 saturated heterocycles. The van der Waals surface area contributed by atoms with Crippen LogP contribution in [0.3, 0.4) is 0 Å². The van der Waals surface area contributed by atoms with Gasteiger partial charge in [-0.15, -0.1) is 0 Å². The van der Waals surface area contributed by atoms with Gasteiger partial charge in [0.05, 0.1) is 16.1 Å². The predicted molar refractivity (Wildman–Crippen MR) is 84.3 cm³/mol. The fraction of sp³-hybridized carbons (Fsp3) is 0.0625. The highest BCUT2D eigenvalue weighted by molar-refractivity contribution is 6.31. The van der Waals surface area contributed by atoms with Crippen LogP contribution in [0.2, 0.25) is 5.02 Å². The van der Waals surface area contributed by atoms with Crippen molar-refractivity contribution in [1.29, 1.82) is 0 Å². The number of H-pyrrole nitrogens is 1. The van der Waals surface area contributed by atoms with Crippen molar-refractivity contribution in [2.75, 3.05) is 5.32 Å². The van der Waals surface area contributed by atoms with Crippen molar-refractivity contribution < 1.29 is 13.2 Å². The summed E-state index contributed by atoms with van der Waals surface area (Å²) in [4.78, 5) is 15.0. The van der Waals surface area contributed by atoms with Crippen LogP contribution in [0.1, 0.15) is 5.56 Å². The molecular formula is C16H10ClF3N2O. The highest BCUT2D eigenvalue weighted by Gasteiger charge is 2.33. The Labute approximate surface area is 133 Å². The largest absolute Gasteiger partial charge is 0.417 e. The zero-order chi connectivity index (χ0) is 16.6. The molecule has 0 aliphatic heterocycles. The minimum absolute atomic E-state index is 0.174. The van der Waals surface area contributed by atoms with Crippen molar-refractivity contribution in [2.24, 2.45) is 0 Å². The van der Waals surface area contributed by atoms with E-state index in [0.717, 1.165) is 12.1 Å². The van der Waals surface area contributed by atoms with E-state index >= 15 is 0 Å². The van der Waals surface area contributed by atoms with Gasteiger partial charge in [-0.05, 0) is 30.3 Å². The third kappa shape index (κ3) is 3.17. The Morgan fingerprint density at radius 3 is 2.52 bits per heavy atom. The number of fused-ring (bicyclic) bond motifs is 1. The first kappa shape index (κ1) is 15.4. The van der Waals surface area contributed by atoms with Crippen molar-refractivity contribution in [1.82, 2.24) is 4.98 Å². The number of rotatable bonds is 2. The molecule has 0 spiro atoms. The third-order valence-corrected chi connectivity index (χ3v) is 3.62. The molecule has 3 nitrogen and oxygen atoms in total. The van der Waals surface area contributed by atoms with Crippen molar-refractivity contribution >= 4 is 34.0 Å². The molecule has 0 saturated carbocycles. The SMILES string of the molecule is O=c1cc(Nc2ccc(Cl)c(C(F)(F)F)c2)[nH]c2ccccc12. The molecule has 3 aromatic rings. The molecule has 3 rings (SSSR count). The van der Waals surface area contributed by atoms with E-state index in [4.69, 9.17) is 11.6 Å². The van der Waals surface area contributed by atoms with Gasteiger partial charge in [0, 0.05) is 17.1 Å². The summed E-state index contributed by atoms with van der Waals surface area (Å²) in [5, 5.41) is 2.89. The summed E-state index contributed by atoms with van der Waals surface area (Å²) in [6.45, 7) is 0. The fourth-order valence-corrected chi connectivity index (χ4v) is 2.46. The molecule has 0 fully saturated rings. The van der Waals surface area contributed by atoms with E-state index in [0.29, 0.717) is 16.7 Å². The van der Waals surface area contributed by atoms with Crippen LogP contribution in [0, 0.1) is 0 Å². The Morgan fingerprint density at radius 2 is 1.78 bits per heavy atom. The number of aromatic amines is 1. The Balaban J connectivity index is 2.01. The molecule has 2 aromatic carbocycles. The lowest BCUT2D eigenvalue weighted by molar-refractivity contribution is -0.137. The van der Waals surface area contributed by atoms with Crippen LogP contribution >= 0.6 is 11.6 Å². The van der Waals surface area contributed by atoms with E-state index < -0.39 is 11.7 Å². The van der Waals surface area contributed by atoms with E-state index in [2.05, 4.69) is 10.3 Å². The highest BCUT2D eigenvalue weighted by Crippen LogP contribution is 2.36. The average molecular weight is 339 g/mol. The minimum Gasteiger partial charge on any atom is -0.342 e. The number of hydrogen-bond donors (Lipinski definition) is 2. The molecule has 0 aliphatic carbocycles. The van der Waals surface area contributed by atoms with Gasteiger partial charge in [-0.1, -0.05) is 23.7 Å². The van der Waals surface area contributed by atoms with E-state index in [-0.39, 0.29) is 16.1 Å². The Kier molecular flexibility index (Phi) is 3.77. The monoisotopic (exact) mass is 338 g/mol. The predicted octanol–water partition coefficient (Wildman–Crippen LogP) is 4.94. The fourth-order valence-electron chi connectivity index (χ4n) is 2.24. The quantitative estimate of drug-likeness (QED) is 0.695. The summed E-state index contributed by atoms with van der Waals surface area (Å²) in [6.07, 6.45) is -4.55. The van der Waals surface area contributed by atoms with E-state index in [1.54, 1.807) is 24.3 Å². The number of anilines is 2. The van der Waals surface area contributed by atoms with Crippen LogP contribution in [-0.4, -0.2) is 4.98 Å². The van der Waals surface area contributed by atoms with Gasteiger partial charge in [-0.3, -0.25) is 4.79 Å². The Hall–Kier alpha value is -2.47. The Morgan fingerprint density at radius 1 is 1.04 bits per heavy atom. The van der Waals surface area contributed by atoms with Crippen LogP contribution in [0.4, 0.5) is 24.7 Å². The van der Waals surface area contributed by atoms with Crippen LogP contribution in [0.5, 0.6) is 0 Å². The van der Waals surface area contributed by atoms with Gasteiger partial charge in [0.25, 0.3) is 0 Å². The molecule has 118 valence electrons. The van der Waals surface area contributed by atoms with Gasteiger partial charge in [-0.25, -0.2) is 0 Å². The van der Waals surface area contributed by atoms with Crippen molar-refractivity contribution in [3.8, 4) is 0 Å².